The van der Waals surface area contributed by atoms with Crippen molar-refractivity contribution in [3.8, 4) is 34.3 Å². The quantitative estimate of drug-likeness (QED) is 0.104. The van der Waals surface area contributed by atoms with Gasteiger partial charge in [-0.25, -0.2) is 9.97 Å². The SMILES string of the molecule is CCCCCCCCC1(CCCCCCCC)c2cc3[nH]c(-c4ccc(C)o4)nc3cc2-c2cc3nc(-c4ccc(C)o4)[nH]c3cc21. The zero-order chi connectivity index (χ0) is 32.4. The summed E-state index contributed by atoms with van der Waals surface area (Å²) in [5.74, 6) is 4.92. The van der Waals surface area contributed by atoms with Gasteiger partial charge in [-0.15, -0.1) is 0 Å². The van der Waals surface area contributed by atoms with Gasteiger partial charge in [0, 0.05) is 5.41 Å². The van der Waals surface area contributed by atoms with Crippen molar-refractivity contribution in [2.45, 2.75) is 123 Å². The van der Waals surface area contributed by atoms with Crippen LogP contribution in [0.5, 0.6) is 0 Å². The molecule has 6 nitrogen and oxygen atoms in total. The van der Waals surface area contributed by atoms with Gasteiger partial charge in [0.15, 0.2) is 23.2 Å². The van der Waals surface area contributed by atoms with Crippen molar-refractivity contribution in [3.63, 3.8) is 0 Å². The highest BCUT2D eigenvalue weighted by atomic mass is 16.3. The lowest BCUT2D eigenvalue weighted by Crippen LogP contribution is -2.25. The highest BCUT2D eigenvalue weighted by Crippen LogP contribution is 2.56. The average molecular weight is 631 g/mol. The van der Waals surface area contributed by atoms with Crippen molar-refractivity contribution in [2.24, 2.45) is 0 Å². The number of imidazole rings is 2. The number of aromatic amines is 2. The number of nitrogens with one attached hydrogen (secondary N) is 2. The van der Waals surface area contributed by atoms with Crippen LogP contribution < -0.4 is 0 Å². The molecule has 0 spiro atoms. The lowest BCUT2D eigenvalue weighted by atomic mass is 9.70. The summed E-state index contributed by atoms with van der Waals surface area (Å²) in [6.07, 6.45) is 17.9. The van der Waals surface area contributed by atoms with Crippen LogP contribution in [0, 0.1) is 13.8 Å². The number of furan rings is 2. The Morgan fingerprint density at radius 1 is 0.553 bits per heavy atom. The van der Waals surface area contributed by atoms with E-state index in [4.69, 9.17) is 18.8 Å². The Bertz CT molecular complexity index is 1830. The lowest BCUT2D eigenvalue weighted by Gasteiger charge is -2.33. The molecule has 0 atom stereocenters. The van der Waals surface area contributed by atoms with Gasteiger partial charge in [-0.1, -0.05) is 90.9 Å². The summed E-state index contributed by atoms with van der Waals surface area (Å²) >= 11 is 0. The van der Waals surface area contributed by atoms with E-state index in [1.165, 1.54) is 99.3 Å². The molecule has 7 rings (SSSR count). The van der Waals surface area contributed by atoms with Crippen LogP contribution in [-0.4, -0.2) is 19.9 Å². The minimum atomic E-state index is -0.0539. The molecule has 0 fully saturated rings. The number of nitrogens with zero attached hydrogens (tertiary/aromatic N) is 2. The Morgan fingerprint density at radius 3 is 1.38 bits per heavy atom. The standard InChI is InChI=1S/C41H50N4O2/c1-5-7-9-11-13-15-21-41(22-16-14-12-10-8-6-2)31-25-35-33(42-39(44-35)37-19-17-27(3)46-37)23-29(31)30-24-34-36(26-32(30)41)45-40(43-34)38-20-18-28(4)47-38/h17-20,23-26H,5-16,21-22H2,1-4H3,(H,42,44)(H,43,45). The maximum Gasteiger partial charge on any atom is 0.174 e. The molecule has 1 aliphatic rings. The molecule has 2 aromatic carbocycles. The maximum absolute atomic E-state index is 5.96. The van der Waals surface area contributed by atoms with Gasteiger partial charge >= 0.3 is 0 Å². The molecular weight excluding hydrogens is 580 g/mol. The number of H-pyrrole nitrogens is 2. The molecule has 246 valence electrons. The summed E-state index contributed by atoms with van der Waals surface area (Å²) in [6, 6.07) is 17.5. The summed E-state index contributed by atoms with van der Waals surface area (Å²) in [4.78, 5) is 17.3. The van der Waals surface area contributed by atoms with Gasteiger partial charge in [-0.05, 0) is 97.5 Å². The molecule has 0 bridgehead atoms. The van der Waals surface area contributed by atoms with E-state index in [-0.39, 0.29) is 5.41 Å². The minimum Gasteiger partial charge on any atom is -0.458 e. The summed E-state index contributed by atoms with van der Waals surface area (Å²) in [5, 5.41) is 0. The first kappa shape index (κ1) is 31.5. The second-order valence-corrected chi connectivity index (χ2v) is 13.9. The molecule has 6 aromatic rings. The monoisotopic (exact) mass is 630 g/mol. The first-order valence-electron chi connectivity index (χ1n) is 18.2. The van der Waals surface area contributed by atoms with E-state index in [1.54, 1.807) is 0 Å². The topological polar surface area (TPSA) is 83.6 Å². The Morgan fingerprint density at radius 2 is 0.979 bits per heavy atom. The molecule has 4 heterocycles. The van der Waals surface area contributed by atoms with Crippen LogP contribution in [0.15, 0.2) is 57.4 Å². The minimum absolute atomic E-state index is 0.0539. The molecule has 1 aliphatic carbocycles. The largest absolute Gasteiger partial charge is 0.458 e. The highest BCUT2D eigenvalue weighted by molar-refractivity contribution is 5.96. The third kappa shape index (κ3) is 6.19. The first-order chi connectivity index (χ1) is 23.0. The van der Waals surface area contributed by atoms with Crippen molar-refractivity contribution in [1.82, 2.24) is 19.9 Å². The number of unbranched alkanes of at least 4 members (excludes halogenated alkanes) is 10. The number of benzene rings is 2. The Balaban J connectivity index is 1.33. The molecule has 0 saturated carbocycles. The fourth-order valence-corrected chi connectivity index (χ4v) is 7.93. The van der Waals surface area contributed by atoms with Gasteiger partial charge in [0.05, 0.1) is 22.1 Å². The Labute approximate surface area is 278 Å². The maximum atomic E-state index is 5.96. The van der Waals surface area contributed by atoms with Gasteiger partial charge in [0.2, 0.25) is 0 Å². The van der Waals surface area contributed by atoms with Crippen LogP contribution in [0.4, 0.5) is 0 Å². The highest BCUT2D eigenvalue weighted by Gasteiger charge is 2.43. The number of aryl methyl sites for hydroxylation is 2. The molecule has 4 aromatic heterocycles. The van der Waals surface area contributed by atoms with Crippen LogP contribution in [-0.2, 0) is 5.41 Å². The Kier molecular flexibility index (Phi) is 9.11. The van der Waals surface area contributed by atoms with Gasteiger partial charge in [-0.2, -0.15) is 0 Å². The van der Waals surface area contributed by atoms with E-state index in [2.05, 4.69) is 48.1 Å². The zero-order valence-corrected chi connectivity index (χ0v) is 28.7. The van der Waals surface area contributed by atoms with Crippen molar-refractivity contribution in [3.05, 3.63) is 71.2 Å². The van der Waals surface area contributed by atoms with Gasteiger partial charge < -0.3 is 18.8 Å². The second kappa shape index (κ2) is 13.6. The smallest absolute Gasteiger partial charge is 0.174 e. The number of hydrogen-bond donors (Lipinski definition) is 2. The molecule has 0 aliphatic heterocycles. The lowest BCUT2D eigenvalue weighted by molar-refractivity contribution is 0.398. The number of fused-ring (bicyclic) bond motifs is 5. The fourth-order valence-electron chi connectivity index (χ4n) is 7.93. The van der Waals surface area contributed by atoms with E-state index < -0.39 is 0 Å². The van der Waals surface area contributed by atoms with E-state index in [1.807, 2.05) is 38.1 Å². The zero-order valence-electron chi connectivity index (χ0n) is 28.7. The van der Waals surface area contributed by atoms with Crippen LogP contribution in [0.1, 0.15) is 126 Å². The molecule has 6 heteroatoms. The summed E-state index contributed by atoms with van der Waals surface area (Å²) in [5.41, 5.74) is 9.55. The first-order valence-corrected chi connectivity index (χ1v) is 18.2. The summed E-state index contributed by atoms with van der Waals surface area (Å²) in [6.45, 7) is 8.55. The fraction of sp³-hybridized carbons (Fsp3) is 0.463. The van der Waals surface area contributed by atoms with Gasteiger partial charge in [-0.3, -0.25) is 0 Å². The van der Waals surface area contributed by atoms with Crippen molar-refractivity contribution in [2.75, 3.05) is 0 Å². The van der Waals surface area contributed by atoms with Gasteiger partial charge in [0.25, 0.3) is 0 Å². The van der Waals surface area contributed by atoms with Crippen LogP contribution in [0.25, 0.3) is 56.4 Å². The molecular formula is C41H50N4O2. The Hall–Kier alpha value is -4.06. The number of hydrogen-bond acceptors (Lipinski definition) is 4. The van der Waals surface area contributed by atoms with E-state index in [9.17, 15) is 0 Å². The summed E-state index contributed by atoms with van der Waals surface area (Å²) < 4.78 is 11.9. The molecule has 2 N–H and O–H groups in total. The number of rotatable bonds is 16. The average Bonchev–Trinajstić information content (AvgIpc) is 3.90. The molecule has 0 radical (unpaired) electrons. The third-order valence-corrected chi connectivity index (χ3v) is 10.4. The molecule has 0 amide bonds. The van der Waals surface area contributed by atoms with Crippen LogP contribution >= 0.6 is 0 Å². The van der Waals surface area contributed by atoms with Crippen molar-refractivity contribution < 1.29 is 8.83 Å². The predicted octanol–water partition coefficient (Wildman–Crippen LogP) is 12.3. The van der Waals surface area contributed by atoms with Crippen LogP contribution in [0.3, 0.4) is 0 Å². The third-order valence-electron chi connectivity index (χ3n) is 10.4. The van der Waals surface area contributed by atoms with Crippen molar-refractivity contribution >= 4 is 22.1 Å². The second-order valence-electron chi connectivity index (χ2n) is 13.9. The van der Waals surface area contributed by atoms with E-state index >= 15 is 0 Å². The van der Waals surface area contributed by atoms with Crippen molar-refractivity contribution in [1.29, 1.82) is 0 Å². The normalized spacial score (nSPS) is 13.6. The van der Waals surface area contributed by atoms with Crippen LogP contribution in [0.2, 0.25) is 0 Å². The molecule has 47 heavy (non-hydrogen) atoms. The molecule has 0 saturated heterocycles. The van der Waals surface area contributed by atoms with Gasteiger partial charge in [0.1, 0.15) is 11.5 Å². The molecule has 0 unspecified atom stereocenters. The predicted molar refractivity (Wildman–Crippen MR) is 193 cm³/mol. The van der Waals surface area contributed by atoms with E-state index in [0.29, 0.717) is 0 Å². The van der Waals surface area contributed by atoms with E-state index in [0.717, 1.165) is 69.6 Å². The number of aromatic nitrogens is 4. The summed E-state index contributed by atoms with van der Waals surface area (Å²) in [7, 11) is 0.